The van der Waals surface area contributed by atoms with E-state index in [0.29, 0.717) is 37.6 Å². The maximum Gasteiger partial charge on any atom is 0.251 e. The van der Waals surface area contributed by atoms with Crippen molar-refractivity contribution in [1.82, 2.24) is 21.3 Å². The molecule has 1 saturated heterocycles. The first kappa shape index (κ1) is 17.6. The molecule has 1 unspecified atom stereocenters. The molecule has 2 rings (SSSR count). The molecule has 8 nitrogen and oxygen atoms in total. The predicted molar refractivity (Wildman–Crippen MR) is 91.0 cm³/mol. The second-order valence-corrected chi connectivity index (χ2v) is 5.49. The van der Waals surface area contributed by atoms with Gasteiger partial charge in [0.05, 0.1) is 0 Å². The number of aromatic hydroxyl groups is 1. The van der Waals surface area contributed by atoms with Gasteiger partial charge in [-0.25, -0.2) is 0 Å². The molecule has 2 amide bonds. The highest BCUT2D eigenvalue weighted by atomic mass is 16.3. The molecule has 130 valence electrons. The van der Waals surface area contributed by atoms with E-state index in [1.54, 1.807) is 19.2 Å². The first-order valence-electron chi connectivity index (χ1n) is 7.89. The van der Waals surface area contributed by atoms with Crippen LogP contribution in [-0.2, 0) is 4.79 Å². The van der Waals surface area contributed by atoms with Gasteiger partial charge >= 0.3 is 0 Å². The van der Waals surface area contributed by atoms with Crippen molar-refractivity contribution in [3.8, 4) is 5.75 Å². The lowest BCUT2D eigenvalue weighted by atomic mass is 10.1. The molecule has 1 fully saturated rings. The zero-order valence-electron chi connectivity index (χ0n) is 13.6. The molecule has 0 bridgehead atoms. The number of benzene rings is 1. The lowest BCUT2D eigenvalue weighted by Crippen LogP contribution is -2.52. The SMILES string of the molecule is CN=C(NCCNC(=O)c1ccc(O)cc1)NC1CCC(=O)NC1. The average molecular weight is 333 g/mol. The molecule has 0 spiro atoms. The molecular weight excluding hydrogens is 310 g/mol. The van der Waals surface area contributed by atoms with Crippen molar-refractivity contribution in [2.75, 3.05) is 26.7 Å². The molecule has 0 radical (unpaired) electrons. The third-order valence-electron chi connectivity index (χ3n) is 3.66. The number of carbonyl (C=O) groups excluding carboxylic acids is 2. The van der Waals surface area contributed by atoms with Gasteiger partial charge < -0.3 is 26.4 Å². The van der Waals surface area contributed by atoms with Crippen molar-refractivity contribution in [3.63, 3.8) is 0 Å². The molecule has 1 heterocycles. The van der Waals surface area contributed by atoms with Crippen molar-refractivity contribution in [2.45, 2.75) is 18.9 Å². The normalized spacial score (nSPS) is 17.8. The molecule has 1 aromatic carbocycles. The average Bonchev–Trinajstić information content (AvgIpc) is 2.59. The van der Waals surface area contributed by atoms with Gasteiger partial charge in [-0.05, 0) is 30.7 Å². The minimum Gasteiger partial charge on any atom is -0.508 e. The Balaban J connectivity index is 1.67. The summed E-state index contributed by atoms with van der Waals surface area (Å²) in [5.41, 5.74) is 0.494. The van der Waals surface area contributed by atoms with E-state index in [-0.39, 0.29) is 23.6 Å². The smallest absolute Gasteiger partial charge is 0.251 e. The molecule has 24 heavy (non-hydrogen) atoms. The maximum atomic E-state index is 11.9. The molecule has 5 N–H and O–H groups in total. The summed E-state index contributed by atoms with van der Waals surface area (Å²) in [6.07, 6.45) is 1.28. The van der Waals surface area contributed by atoms with E-state index in [1.165, 1.54) is 12.1 Å². The van der Waals surface area contributed by atoms with Crippen LogP contribution < -0.4 is 21.3 Å². The highest BCUT2D eigenvalue weighted by molar-refractivity contribution is 5.94. The number of hydrogen-bond donors (Lipinski definition) is 5. The van der Waals surface area contributed by atoms with Crippen LogP contribution in [-0.4, -0.2) is 55.6 Å². The van der Waals surface area contributed by atoms with E-state index in [2.05, 4.69) is 26.3 Å². The number of phenols is 1. The van der Waals surface area contributed by atoms with Gasteiger partial charge in [0.2, 0.25) is 5.91 Å². The Morgan fingerprint density at radius 2 is 2.00 bits per heavy atom. The lowest BCUT2D eigenvalue weighted by Gasteiger charge is -2.25. The molecule has 1 aliphatic rings. The van der Waals surface area contributed by atoms with Gasteiger partial charge in [-0.2, -0.15) is 0 Å². The summed E-state index contributed by atoms with van der Waals surface area (Å²) >= 11 is 0. The summed E-state index contributed by atoms with van der Waals surface area (Å²) in [5, 5.41) is 21.1. The van der Waals surface area contributed by atoms with Gasteiger partial charge in [0.1, 0.15) is 5.75 Å². The second-order valence-electron chi connectivity index (χ2n) is 5.49. The summed E-state index contributed by atoms with van der Waals surface area (Å²) in [6.45, 7) is 1.53. The first-order chi connectivity index (χ1) is 11.6. The molecule has 0 aromatic heterocycles. The summed E-state index contributed by atoms with van der Waals surface area (Å²) in [4.78, 5) is 27.2. The highest BCUT2D eigenvalue weighted by Gasteiger charge is 2.18. The number of hydrogen-bond acceptors (Lipinski definition) is 4. The summed E-state index contributed by atoms with van der Waals surface area (Å²) in [7, 11) is 1.67. The van der Waals surface area contributed by atoms with E-state index >= 15 is 0 Å². The van der Waals surface area contributed by atoms with Crippen molar-refractivity contribution in [1.29, 1.82) is 0 Å². The van der Waals surface area contributed by atoms with Gasteiger partial charge in [0.15, 0.2) is 5.96 Å². The van der Waals surface area contributed by atoms with Crippen LogP contribution in [0.4, 0.5) is 0 Å². The molecular formula is C16H23N5O3. The Kier molecular flexibility index (Phi) is 6.41. The Morgan fingerprint density at radius 1 is 1.29 bits per heavy atom. The van der Waals surface area contributed by atoms with Crippen LogP contribution in [0.2, 0.25) is 0 Å². The van der Waals surface area contributed by atoms with Gasteiger partial charge in [0.25, 0.3) is 5.91 Å². The van der Waals surface area contributed by atoms with Crippen molar-refractivity contribution in [2.24, 2.45) is 4.99 Å². The van der Waals surface area contributed by atoms with Gasteiger partial charge in [-0.15, -0.1) is 0 Å². The van der Waals surface area contributed by atoms with Gasteiger partial charge in [-0.1, -0.05) is 0 Å². The number of piperidine rings is 1. The maximum absolute atomic E-state index is 11.9. The van der Waals surface area contributed by atoms with Crippen LogP contribution >= 0.6 is 0 Å². The lowest BCUT2D eigenvalue weighted by molar-refractivity contribution is -0.122. The van der Waals surface area contributed by atoms with Crippen LogP contribution in [0.3, 0.4) is 0 Å². The Morgan fingerprint density at radius 3 is 2.62 bits per heavy atom. The number of nitrogens with zero attached hydrogens (tertiary/aromatic N) is 1. The third-order valence-corrected chi connectivity index (χ3v) is 3.66. The van der Waals surface area contributed by atoms with E-state index in [4.69, 9.17) is 0 Å². The molecule has 1 aliphatic heterocycles. The van der Waals surface area contributed by atoms with Gasteiger partial charge in [-0.3, -0.25) is 14.6 Å². The quantitative estimate of drug-likeness (QED) is 0.285. The number of phenolic OH excluding ortho intramolecular Hbond substituents is 1. The van der Waals surface area contributed by atoms with E-state index in [1.807, 2.05) is 0 Å². The van der Waals surface area contributed by atoms with Gasteiger partial charge in [0, 0.05) is 44.7 Å². The van der Waals surface area contributed by atoms with Crippen LogP contribution in [0.5, 0.6) is 5.75 Å². The fourth-order valence-electron chi connectivity index (χ4n) is 2.32. The summed E-state index contributed by atoms with van der Waals surface area (Å²) < 4.78 is 0. The van der Waals surface area contributed by atoms with E-state index in [0.717, 1.165) is 6.42 Å². The number of rotatable bonds is 5. The molecule has 1 atom stereocenters. The number of carbonyl (C=O) groups is 2. The van der Waals surface area contributed by atoms with Crippen LogP contribution in [0.1, 0.15) is 23.2 Å². The Labute approximate surface area is 140 Å². The monoisotopic (exact) mass is 333 g/mol. The number of aliphatic imine (C=N–C) groups is 1. The second kappa shape index (κ2) is 8.76. The molecule has 0 saturated carbocycles. The molecule has 0 aliphatic carbocycles. The first-order valence-corrected chi connectivity index (χ1v) is 7.89. The predicted octanol–water partition coefficient (Wildman–Crippen LogP) is -0.434. The molecule has 1 aromatic rings. The van der Waals surface area contributed by atoms with E-state index < -0.39 is 0 Å². The number of guanidine groups is 1. The Bertz CT molecular complexity index is 590. The minimum absolute atomic E-state index is 0.0768. The molecule has 8 heteroatoms. The Hall–Kier alpha value is -2.77. The van der Waals surface area contributed by atoms with Crippen molar-refractivity contribution in [3.05, 3.63) is 29.8 Å². The zero-order chi connectivity index (χ0) is 17.4. The topological polar surface area (TPSA) is 115 Å². The fourth-order valence-corrected chi connectivity index (χ4v) is 2.32. The van der Waals surface area contributed by atoms with Crippen molar-refractivity contribution >= 4 is 17.8 Å². The third kappa shape index (κ3) is 5.45. The van der Waals surface area contributed by atoms with Crippen LogP contribution in [0, 0.1) is 0 Å². The standard InChI is InChI=1S/C16H23N5O3/c1-17-16(21-12-4-7-14(23)20-10-12)19-9-8-18-15(24)11-2-5-13(22)6-3-11/h2-3,5-6,12,22H,4,7-10H2,1H3,(H,18,24)(H,20,23)(H2,17,19,21). The van der Waals surface area contributed by atoms with E-state index in [9.17, 15) is 14.7 Å². The highest BCUT2D eigenvalue weighted by Crippen LogP contribution is 2.09. The van der Waals surface area contributed by atoms with Crippen LogP contribution in [0.25, 0.3) is 0 Å². The number of nitrogens with one attached hydrogen (secondary N) is 4. The van der Waals surface area contributed by atoms with Crippen molar-refractivity contribution < 1.29 is 14.7 Å². The van der Waals surface area contributed by atoms with Crippen LogP contribution in [0.15, 0.2) is 29.3 Å². The fraction of sp³-hybridized carbons (Fsp3) is 0.438. The summed E-state index contributed by atoms with van der Waals surface area (Å²) in [6, 6.07) is 6.23. The largest absolute Gasteiger partial charge is 0.508 e. The summed E-state index contributed by atoms with van der Waals surface area (Å²) in [5.74, 6) is 0.639. The number of amides is 2. The minimum atomic E-state index is -0.199. The zero-order valence-corrected chi connectivity index (χ0v) is 13.6.